The van der Waals surface area contributed by atoms with Crippen molar-refractivity contribution in [1.29, 1.82) is 0 Å². The molecule has 0 atom stereocenters. The maximum Gasteiger partial charge on any atom is 0.327 e. The number of imidazole rings is 1. The van der Waals surface area contributed by atoms with Gasteiger partial charge in [0.25, 0.3) is 0 Å². The smallest absolute Gasteiger partial charge is 0.327 e. The number of methoxy groups -OCH3 is 1. The molecule has 1 saturated carbocycles. The van der Waals surface area contributed by atoms with E-state index >= 15 is 0 Å². The van der Waals surface area contributed by atoms with Crippen molar-refractivity contribution in [2.24, 2.45) is 0 Å². The van der Waals surface area contributed by atoms with E-state index in [1.54, 1.807) is 0 Å². The van der Waals surface area contributed by atoms with E-state index in [1.165, 1.54) is 36.4 Å². The number of nitrogens with zero attached hydrogens (tertiary/aromatic N) is 6. The van der Waals surface area contributed by atoms with Gasteiger partial charge in [-0.3, -0.25) is 4.79 Å². The van der Waals surface area contributed by atoms with Crippen molar-refractivity contribution in [3.8, 4) is 0 Å². The highest BCUT2D eigenvalue weighted by Gasteiger charge is 2.25. The van der Waals surface area contributed by atoms with Crippen LogP contribution in [0.25, 0.3) is 0 Å². The van der Waals surface area contributed by atoms with Crippen molar-refractivity contribution in [1.82, 2.24) is 29.8 Å². The molecule has 0 amide bonds. The first-order chi connectivity index (χ1) is 9.78. The summed E-state index contributed by atoms with van der Waals surface area (Å²) in [7, 11) is 1.34. The molecule has 20 heavy (non-hydrogen) atoms. The van der Waals surface area contributed by atoms with Crippen molar-refractivity contribution in [3.05, 3.63) is 18.2 Å². The quantitative estimate of drug-likeness (QED) is 0.571. The summed E-state index contributed by atoms with van der Waals surface area (Å²) >= 11 is 1.48. The molecule has 0 bridgehead atoms. The van der Waals surface area contributed by atoms with Crippen LogP contribution < -0.4 is 0 Å². The molecule has 2 heterocycles. The lowest BCUT2D eigenvalue weighted by Gasteiger charge is -2.06. The summed E-state index contributed by atoms with van der Waals surface area (Å²) in [6.45, 7) is 0.0215. The number of aromatic nitrogens is 6. The molecule has 0 unspecified atom stereocenters. The monoisotopic (exact) mass is 294 g/mol. The summed E-state index contributed by atoms with van der Waals surface area (Å²) in [5.74, 6) is 0.347. The average molecular weight is 294 g/mol. The number of esters is 1. The summed E-state index contributed by atoms with van der Waals surface area (Å²) in [5.41, 5.74) is 1.14. The first kappa shape index (κ1) is 13.1. The van der Waals surface area contributed by atoms with Crippen molar-refractivity contribution >= 4 is 17.7 Å². The highest BCUT2D eigenvalue weighted by Crippen LogP contribution is 2.36. The van der Waals surface area contributed by atoms with Gasteiger partial charge in [0.15, 0.2) is 0 Å². The highest BCUT2D eigenvalue weighted by atomic mass is 32.2. The Labute approximate surface area is 119 Å². The fourth-order valence-electron chi connectivity index (χ4n) is 1.85. The van der Waals surface area contributed by atoms with Gasteiger partial charge in [-0.25, -0.2) is 9.67 Å². The van der Waals surface area contributed by atoms with Gasteiger partial charge in [0.05, 0.1) is 13.4 Å². The number of tetrazole rings is 1. The molecule has 0 aromatic carbocycles. The Hall–Kier alpha value is -1.90. The Kier molecular flexibility index (Phi) is 3.68. The van der Waals surface area contributed by atoms with Crippen LogP contribution in [0.1, 0.15) is 24.6 Å². The summed E-state index contributed by atoms with van der Waals surface area (Å²) < 4.78 is 8.24. The van der Waals surface area contributed by atoms with Gasteiger partial charge in [-0.1, -0.05) is 11.8 Å². The van der Waals surface area contributed by atoms with Crippen LogP contribution in [0.3, 0.4) is 0 Å². The lowest BCUT2D eigenvalue weighted by Crippen LogP contribution is -2.13. The zero-order valence-electron chi connectivity index (χ0n) is 11.0. The molecule has 2 aromatic heterocycles. The first-order valence-corrected chi connectivity index (χ1v) is 7.23. The Morgan fingerprint density at radius 1 is 1.55 bits per heavy atom. The molecule has 106 valence electrons. The first-order valence-electron chi connectivity index (χ1n) is 6.24. The van der Waals surface area contributed by atoms with Gasteiger partial charge < -0.3 is 9.30 Å². The third kappa shape index (κ3) is 2.82. The number of hydrogen-bond acceptors (Lipinski definition) is 7. The van der Waals surface area contributed by atoms with Gasteiger partial charge in [-0.05, 0) is 23.3 Å². The van der Waals surface area contributed by atoms with E-state index < -0.39 is 0 Å². The minimum atomic E-state index is -0.373. The standard InChI is InChI=1S/C11H14N6O2S/c1-19-10(18)5-17-11(13-14-15-17)20-6-9-4-12-7-16(9)8-2-3-8/h4,7-8H,2-3,5-6H2,1H3. The molecule has 0 N–H and O–H groups in total. The molecule has 8 nitrogen and oxygen atoms in total. The third-order valence-corrected chi connectivity index (χ3v) is 4.03. The molecule has 0 aliphatic heterocycles. The predicted octanol–water partition coefficient (Wildman–Crippen LogP) is 0.670. The fourth-order valence-corrected chi connectivity index (χ4v) is 2.69. The summed E-state index contributed by atoms with van der Waals surface area (Å²) in [6.07, 6.45) is 6.16. The van der Waals surface area contributed by atoms with Crippen LogP contribution in [0.4, 0.5) is 0 Å². The number of ether oxygens (including phenoxy) is 1. The minimum Gasteiger partial charge on any atom is -0.468 e. The second-order valence-corrected chi connectivity index (χ2v) is 5.45. The van der Waals surface area contributed by atoms with Crippen LogP contribution in [-0.2, 0) is 21.8 Å². The number of hydrogen-bond donors (Lipinski definition) is 0. The molecule has 1 fully saturated rings. The maximum atomic E-state index is 11.3. The van der Waals surface area contributed by atoms with Gasteiger partial charge in [0.2, 0.25) is 5.16 Å². The van der Waals surface area contributed by atoms with Crippen LogP contribution in [0.15, 0.2) is 17.7 Å². The van der Waals surface area contributed by atoms with Gasteiger partial charge in [0.1, 0.15) is 6.54 Å². The molecule has 1 aliphatic rings. The predicted molar refractivity (Wildman–Crippen MR) is 69.9 cm³/mol. The van der Waals surface area contributed by atoms with E-state index in [-0.39, 0.29) is 12.5 Å². The zero-order valence-corrected chi connectivity index (χ0v) is 11.8. The van der Waals surface area contributed by atoms with Crippen LogP contribution in [-0.4, -0.2) is 42.8 Å². The number of rotatable bonds is 6. The Balaban J connectivity index is 1.64. The van der Waals surface area contributed by atoms with Gasteiger partial charge >= 0.3 is 5.97 Å². The molecule has 0 saturated heterocycles. The fraction of sp³-hybridized carbons (Fsp3) is 0.545. The molecule has 2 aromatic rings. The molecular formula is C11H14N6O2S. The van der Waals surface area contributed by atoms with Gasteiger partial charge in [-0.2, -0.15) is 0 Å². The van der Waals surface area contributed by atoms with Crippen LogP contribution in [0.2, 0.25) is 0 Å². The Morgan fingerprint density at radius 3 is 3.15 bits per heavy atom. The Bertz CT molecular complexity index is 606. The van der Waals surface area contributed by atoms with E-state index in [9.17, 15) is 4.79 Å². The van der Waals surface area contributed by atoms with Crippen LogP contribution >= 0.6 is 11.8 Å². The van der Waals surface area contributed by atoms with E-state index in [0.29, 0.717) is 11.2 Å². The van der Waals surface area contributed by atoms with Crippen LogP contribution in [0, 0.1) is 0 Å². The van der Waals surface area contributed by atoms with E-state index in [1.807, 2.05) is 12.5 Å². The molecule has 1 aliphatic carbocycles. The molecule has 3 rings (SSSR count). The number of carbonyl (C=O) groups excluding carboxylic acids is 1. The van der Waals surface area contributed by atoms with E-state index in [4.69, 9.17) is 0 Å². The van der Waals surface area contributed by atoms with E-state index in [2.05, 4.69) is 29.8 Å². The third-order valence-electron chi connectivity index (χ3n) is 3.04. The second kappa shape index (κ2) is 5.61. The van der Waals surface area contributed by atoms with Crippen molar-refractivity contribution in [2.45, 2.75) is 36.3 Å². The molecule has 0 spiro atoms. The van der Waals surface area contributed by atoms with Crippen molar-refractivity contribution in [2.75, 3.05) is 7.11 Å². The zero-order chi connectivity index (χ0) is 13.9. The summed E-state index contributed by atoms with van der Waals surface area (Å²) in [5, 5.41) is 11.9. The molecular weight excluding hydrogens is 280 g/mol. The Morgan fingerprint density at radius 2 is 2.40 bits per heavy atom. The normalized spacial score (nSPS) is 14.4. The molecule has 9 heteroatoms. The van der Waals surface area contributed by atoms with Gasteiger partial charge in [-0.15, -0.1) is 5.10 Å². The molecule has 0 radical (unpaired) electrons. The second-order valence-electron chi connectivity index (χ2n) is 4.51. The van der Waals surface area contributed by atoms with Gasteiger partial charge in [0, 0.05) is 23.7 Å². The number of thioether (sulfide) groups is 1. The SMILES string of the molecule is COC(=O)Cn1nnnc1SCc1cncn1C1CC1. The van der Waals surface area contributed by atoms with E-state index in [0.717, 1.165) is 11.4 Å². The lowest BCUT2D eigenvalue weighted by molar-refractivity contribution is -0.141. The van der Waals surface area contributed by atoms with Crippen LogP contribution in [0.5, 0.6) is 0 Å². The number of carbonyl (C=O) groups is 1. The topological polar surface area (TPSA) is 87.7 Å². The maximum absolute atomic E-state index is 11.3. The highest BCUT2D eigenvalue weighted by molar-refractivity contribution is 7.98. The average Bonchev–Trinajstić information content (AvgIpc) is 3.03. The lowest BCUT2D eigenvalue weighted by atomic mass is 10.5. The minimum absolute atomic E-state index is 0.0215. The van der Waals surface area contributed by atoms with Crippen molar-refractivity contribution < 1.29 is 9.53 Å². The van der Waals surface area contributed by atoms with Crippen molar-refractivity contribution in [3.63, 3.8) is 0 Å². The summed E-state index contributed by atoms with van der Waals surface area (Å²) in [4.78, 5) is 15.4. The largest absolute Gasteiger partial charge is 0.468 e. The summed E-state index contributed by atoms with van der Waals surface area (Å²) in [6, 6.07) is 0.596.